The van der Waals surface area contributed by atoms with Gasteiger partial charge in [-0.25, -0.2) is 9.78 Å². The van der Waals surface area contributed by atoms with Crippen LogP contribution in [0.5, 0.6) is 0 Å². The van der Waals surface area contributed by atoms with Gasteiger partial charge in [0, 0.05) is 22.9 Å². The summed E-state index contributed by atoms with van der Waals surface area (Å²) in [7, 11) is 0. The SMILES string of the molecule is CCCn1c(=O)c2[nH]c(C3CCC(I)C3)nc2n(CCC)c1=O. The lowest BCUT2D eigenvalue weighted by Gasteiger charge is -2.09. The maximum absolute atomic E-state index is 12.7. The van der Waals surface area contributed by atoms with Gasteiger partial charge in [0.25, 0.3) is 5.56 Å². The zero-order valence-corrected chi connectivity index (χ0v) is 15.8. The molecular formula is C16H23IN4O2. The van der Waals surface area contributed by atoms with E-state index in [-0.39, 0.29) is 11.2 Å². The summed E-state index contributed by atoms with van der Waals surface area (Å²) in [6.07, 6.45) is 4.95. The lowest BCUT2D eigenvalue weighted by molar-refractivity contribution is 0.555. The fraction of sp³-hybridized carbons (Fsp3) is 0.688. The molecule has 2 aromatic heterocycles. The van der Waals surface area contributed by atoms with Crippen LogP contribution in [0.2, 0.25) is 0 Å². The molecule has 7 heteroatoms. The van der Waals surface area contributed by atoms with Gasteiger partial charge in [0.15, 0.2) is 5.65 Å². The first kappa shape index (κ1) is 16.7. The molecule has 2 heterocycles. The van der Waals surface area contributed by atoms with E-state index in [1.807, 2.05) is 13.8 Å². The number of imidazole rings is 1. The van der Waals surface area contributed by atoms with Gasteiger partial charge in [-0.3, -0.25) is 13.9 Å². The van der Waals surface area contributed by atoms with Crippen molar-refractivity contribution in [2.75, 3.05) is 0 Å². The number of hydrogen-bond donors (Lipinski definition) is 1. The second-order valence-electron chi connectivity index (χ2n) is 6.32. The smallest absolute Gasteiger partial charge is 0.332 e. The Morgan fingerprint density at radius 1 is 1.17 bits per heavy atom. The number of hydrogen-bond acceptors (Lipinski definition) is 3. The van der Waals surface area contributed by atoms with Crippen molar-refractivity contribution in [2.24, 2.45) is 0 Å². The van der Waals surface area contributed by atoms with Gasteiger partial charge in [0.2, 0.25) is 0 Å². The maximum atomic E-state index is 12.7. The van der Waals surface area contributed by atoms with Crippen LogP contribution in [-0.2, 0) is 13.1 Å². The largest absolute Gasteiger partial charge is 0.336 e. The van der Waals surface area contributed by atoms with Crippen molar-refractivity contribution in [3.05, 3.63) is 26.7 Å². The summed E-state index contributed by atoms with van der Waals surface area (Å²) in [6.45, 7) is 5.03. The monoisotopic (exact) mass is 430 g/mol. The Morgan fingerprint density at radius 2 is 1.87 bits per heavy atom. The van der Waals surface area contributed by atoms with Gasteiger partial charge in [-0.05, 0) is 32.1 Å². The van der Waals surface area contributed by atoms with E-state index in [0.717, 1.165) is 31.5 Å². The van der Waals surface area contributed by atoms with Gasteiger partial charge < -0.3 is 4.98 Å². The topological polar surface area (TPSA) is 72.7 Å². The zero-order valence-electron chi connectivity index (χ0n) is 13.6. The van der Waals surface area contributed by atoms with E-state index in [9.17, 15) is 9.59 Å². The third-order valence-corrected chi connectivity index (χ3v) is 5.66. The molecule has 2 aromatic rings. The first-order valence-corrected chi connectivity index (χ1v) is 9.68. The molecule has 1 aliphatic rings. The van der Waals surface area contributed by atoms with Crippen molar-refractivity contribution in [3.8, 4) is 0 Å². The van der Waals surface area contributed by atoms with Crippen LogP contribution < -0.4 is 11.2 Å². The van der Waals surface area contributed by atoms with Crippen LogP contribution in [0, 0.1) is 0 Å². The summed E-state index contributed by atoms with van der Waals surface area (Å²) in [5.41, 5.74) is 0.545. The molecule has 1 fully saturated rings. The fourth-order valence-corrected chi connectivity index (χ4v) is 4.37. The summed E-state index contributed by atoms with van der Waals surface area (Å²) < 4.78 is 3.67. The van der Waals surface area contributed by atoms with Gasteiger partial charge in [-0.2, -0.15) is 0 Å². The molecule has 1 saturated carbocycles. The number of aromatic nitrogens is 4. The zero-order chi connectivity index (χ0) is 16.6. The van der Waals surface area contributed by atoms with Crippen LogP contribution in [0.4, 0.5) is 0 Å². The standard InChI is InChI=1S/C16H23IN4O2/c1-3-7-20-14-12(15(22)21(8-4-2)16(20)23)18-13(19-14)10-5-6-11(17)9-10/h10-11H,3-9H2,1-2H3,(H,18,19). The van der Waals surface area contributed by atoms with Crippen molar-refractivity contribution >= 4 is 33.8 Å². The summed E-state index contributed by atoms with van der Waals surface area (Å²) in [5.74, 6) is 1.24. The number of aryl methyl sites for hydroxylation is 1. The van der Waals surface area contributed by atoms with Crippen molar-refractivity contribution < 1.29 is 0 Å². The lowest BCUT2D eigenvalue weighted by atomic mass is 10.1. The molecule has 2 atom stereocenters. The van der Waals surface area contributed by atoms with Crippen molar-refractivity contribution in [1.82, 2.24) is 19.1 Å². The molecule has 126 valence electrons. The van der Waals surface area contributed by atoms with E-state index >= 15 is 0 Å². The minimum atomic E-state index is -0.234. The number of halogens is 1. The molecular weight excluding hydrogens is 407 g/mol. The lowest BCUT2D eigenvalue weighted by Crippen LogP contribution is -2.40. The van der Waals surface area contributed by atoms with Crippen LogP contribution in [-0.4, -0.2) is 23.0 Å². The van der Waals surface area contributed by atoms with Gasteiger partial charge >= 0.3 is 5.69 Å². The molecule has 0 radical (unpaired) electrons. The van der Waals surface area contributed by atoms with Gasteiger partial charge in [-0.15, -0.1) is 0 Å². The minimum Gasteiger partial charge on any atom is -0.336 e. The molecule has 1 N–H and O–H groups in total. The Balaban J connectivity index is 2.19. The number of alkyl halides is 1. The first-order chi connectivity index (χ1) is 11.1. The highest BCUT2D eigenvalue weighted by Gasteiger charge is 2.27. The van der Waals surface area contributed by atoms with E-state index in [4.69, 9.17) is 0 Å². The molecule has 6 nitrogen and oxygen atoms in total. The number of nitrogens with zero attached hydrogens (tertiary/aromatic N) is 3. The minimum absolute atomic E-state index is 0.234. The Labute approximate surface area is 148 Å². The van der Waals surface area contributed by atoms with E-state index < -0.39 is 0 Å². The van der Waals surface area contributed by atoms with E-state index in [1.54, 1.807) is 4.57 Å². The highest BCUT2D eigenvalue weighted by atomic mass is 127. The Bertz CT molecular complexity index is 820. The van der Waals surface area contributed by atoms with Gasteiger partial charge in [0.05, 0.1) is 0 Å². The van der Waals surface area contributed by atoms with Gasteiger partial charge in [0.1, 0.15) is 11.3 Å². The van der Waals surface area contributed by atoms with Crippen LogP contribution in [0.1, 0.15) is 57.7 Å². The number of rotatable bonds is 5. The van der Waals surface area contributed by atoms with Crippen LogP contribution in [0.3, 0.4) is 0 Å². The molecule has 3 rings (SSSR count). The number of fused-ring (bicyclic) bond motifs is 1. The molecule has 0 aliphatic heterocycles. The predicted octanol–water partition coefficient (Wildman–Crippen LogP) is 2.78. The van der Waals surface area contributed by atoms with E-state index in [1.165, 1.54) is 11.0 Å². The van der Waals surface area contributed by atoms with Crippen molar-refractivity contribution in [3.63, 3.8) is 0 Å². The summed E-state index contributed by atoms with van der Waals surface area (Å²) in [5, 5.41) is 0. The quantitative estimate of drug-likeness (QED) is 0.586. The highest BCUT2D eigenvalue weighted by Crippen LogP contribution is 2.37. The summed E-state index contributed by atoms with van der Waals surface area (Å²) in [4.78, 5) is 33.2. The van der Waals surface area contributed by atoms with E-state index in [0.29, 0.717) is 34.1 Å². The van der Waals surface area contributed by atoms with Crippen molar-refractivity contribution in [1.29, 1.82) is 0 Å². The summed E-state index contributed by atoms with van der Waals surface area (Å²) >= 11 is 2.48. The number of nitrogens with one attached hydrogen (secondary N) is 1. The second kappa shape index (κ2) is 6.78. The highest BCUT2D eigenvalue weighted by molar-refractivity contribution is 14.1. The predicted molar refractivity (Wildman–Crippen MR) is 99.6 cm³/mol. The molecule has 0 aromatic carbocycles. The van der Waals surface area contributed by atoms with Crippen molar-refractivity contribution in [2.45, 2.75) is 68.9 Å². The molecule has 2 unspecified atom stereocenters. The van der Waals surface area contributed by atoms with Crippen LogP contribution >= 0.6 is 22.6 Å². The average molecular weight is 430 g/mol. The van der Waals surface area contributed by atoms with Crippen LogP contribution in [0.25, 0.3) is 11.2 Å². The molecule has 0 bridgehead atoms. The average Bonchev–Trinajstić information content (AvgIpc) is 3.14. The molecule has 0 saturated heterocycles. The first-order valence-electron chi connectivity index (χ1n) is 8.44. The molecule has 23 heavy (non-hydrogen) atoms. The normalized spacial score (nSPS) is 21.3. The van der Waals surface area contributed by atoms with Crippen LogP contribution in [0.15, 0.2) is 9.59 Å². The third-order valence-electron chi connectivity index (χ3n) is 4.53. The second-order valence-corrected chi connectivity index (χ2v) is 8.08. The Kier molecular flexibility index (Phi) is 4.93. The maximum Gasteiger partial charge on any atom is 0.332 e. The molecule has 1 aliphatic carbocycles. The Hall–Kier alpha value is -1.12. The summed E-state index contributed by atoms with van der Waals surface area (Å²) in [6, 6.07) is 0. The van der Waals surface area contributed by atoms with E-state index in [2.05, 4.69) is 32.6 Å². The third kappa shape index (κ3) is 2.99. The number of H-pyrrole nitrogens is 1. The Morgan fingerprint density at radius 3 is 2.48 bits per heavy atom. The van der Waals surface area contributed by atoms with Gasteiger partial charge in [-0.1, -0.05) is 36.4 Å². The molecule has 0 spiro atoms. The number of aromatic amines is 1. The molecule has 0 amide bonds. The fourth-order valence-electron chi connectivity index (χ4n) is 3.40.